The van der Waals surface area contributed by atoms with Crippen LogP contribution in [-0.4, -0.2) is 25.6 Å². The minimum atomic E-state index is -0.0787. The van der Waals surface area contributed by atoms with Gasteiger partial charge in [-0.2, -0.15) is 0 Å². The number of fused-ring (bicyclic) bond motifs is 1. The molecule has 26 heavy (non-hydrogen) atoms. The van der Waals surface area contributed by atoms with Crippen molar-refractivity contribution >= 4 is 22.9 Å². The van der Waals surface area contributed by atoms with Crippen LogP contribution in [0.1, 0.15) is 50.0 Å². The average molecular weight is 355 g/mol. The van der Waals surface area contributed by atoms with Gasteiger partial charge >= 0.3 is 0 Å². The van der Waals surface area contributed by atoms with Gasteiger partial charge in [-0.25, -0.2) is 9.97 Å². The number of hydrogen-bond acceptors (Lipinski definition) is 5. The lowest BCUT2D eigenvalue weighted by atomic mass is 9.92. The molecule has 0 aliphatic heterocycles. The Morgan fingerprint density at radius 3 is 2.54 bits per heavy atom. The van der Waals surface area contributed by atoms with E-state index in [4.69, 9.17) is 4.52 Å². The van der Waals surface area contributed by atoms with E-state index < -0.39 is 0 Å². The van der Waals surface area contributed by atoms with Crippen molar-refractivity contribution in [2.45, 2.75) is 54.5 Å². The van der Waals surface area contributed by atoms with Gasteiger partial charge in [-0.05, 0) is 32.3 Å². The van der Waals surface area contributed by atoms with Crippen molar-refractivity contribution < 1.29 is 9.32 Å². The summed E-state index contributed by atoms with van der Waals surface area (Å²) >= 11 is 0. The Balaban J connectivity index is 1.91. The Morgan fingerprint density at radius 2 is 1.92 bits per heavy atom. The second-order valence-electron chi connectivity index (χ2n) is 7.96. The zero-order chi connectivity index (χ0) is 19.1. The van der Waals surface area contributed by atoms with Crippen LogP contribution in [0.5, 0.6) is 0 Å². The highest BCUT2D eigenvalue weighted by atomic mass is 16.5. The highest BCUT2D eigenvalue weighted by Gasteiger charge is 2.19. The summed E-state index contributed by atoms with van der Waals surface area (Å²) in [4.78, 5) is 21.5. The van der Waals surface area contributed by atoms with E-state index in [9.17, 15) is 4.79 Å². The summed E-state index contributed by atoms with van der Waals surface area (Å²) in [7, 11) is 0. The third-order valence-corrected chi connectivity index (χ3v) is 4.04. The molecule has 0 aliphatic carbocycles. The van der Waals surface area contributed by atoms with E-state index in [0.717, 1.165) is 28.3 Å². The highest BCUT2D eigenvalue weighted by molar-refractivity contribution is 5.91. The molecular weight excluding hydrogens is 330 g/mol. The largest absolute Gasteiger partial charge is 0.359 e. The Kier molecular flexibility index (Phi) is 4.56. The fourth-order valence-corrected chi connectivity index (χ4v) is 2.88. The van der Waals surface area contributed by atoms with Gasteiger partial charge in [0.1, 0.15) is 5.52 Å². The molecule has 138 valence electrons. The van der Waals surface area contributed by atoms with Crippen LogP contribution in [0.4, 0.5) is 5.82 Å². The van der Waals surface area contributed by atoms with E-state index in [1.807, 2.05) is 58.2 Å². The molecule has 0 spiro atoms. The van der Waals surface area contributed by atoms with Gasteiger partial charge in [-0.3, -0.25) is 4.79 Å². The van der Waals surface area contributed by atoms with Gasteiger partial charge in [0.2, 0.25) is 5.91 Å². The summed E-state index contributed by atoms with van der Waals surface area (Å²) in [5, 5.41) is 6.82. The molecule has 3 aromatic heterocycles. The van der Waals surface area contributed by atoms with Gasteiger partial charge in [0.05, 0.1) is 17.9 Å². The molecule has 0 bridgehead atoms. The number of carbonyl (C=O) groups excluding carboxylic acids is 1. The molecule has 1 N–H and O–H groups in total. The maximum absolute atomic E-state index is 12.2. The van der Waals surface area contributed by atoms with Crippen molar-refractivity contribution in [3.05, 3.63) is 35.0 Å². The molecule has 0 fully saturated rings. The number of nitrogens with one attached hydrogen (secondary N) is 1. The van der Waals surface area contributed by atoms with Gasteiger partial charge in [-0.15, -0.1) is 0 Å². The zero-order valence-electron chi connectivity index (χ0n) is 16.2. The summed E-state index contributed by atoms with van der Waals surface area (Å²) in [6, 6.07) is 3.87. The van der Waals surface area contributed by atoms with Crippen molar-refractivity contribution in [2.75, 3.05) is 5.32 Å². The molecule has 1 amide bonds. The van der Waals surface area contributed by atoms with Gasteiger partial charge in [-0.1, -0.05) is 25.9 Å². The van der Waals surface area contributed by atoms with Crippen molar-refractivity contribution in [1.29, 1.82) is 0 Å². The van der Waals surface area contributed by atoms with Crippen LogP contribution in [0.2, 0.25) is 0 Å². The van der Waals surface area contributed by atoms with Gasteiger partial charge in [0.25, 0.3) is 0 Å². The van der Waals surface area contributed by atoms with Crippen molar-refractivity contribution in [3.8, 4) is 0 Å². The summed E-state index contributed by atoms with van der Waals surface area (Å²) in [6.45, 7) is 12.4. The lowest BCUT2D eigenvalue weighted by Gasteiger charge is -2.17. The number of rotatable bonds is 4. The van der Waals surface area contributed by atoms with Crippen molar-refractivity contribution in [1.82, 2.24) is 19.7 Å². The Hall–Kier alpha value is -2.70. The predicted molar refractivity (Wildman–Crippen MR) is 100 cm³/mol. The van der Waals surface area contributed by atoms with Gasteiger partial charge < -0.3 is 14.4 Å². The fourth-order valence-electron chi connectivity index (χ4n) is 2.88. The predicted octanol–water partition coefficient (Wildman–Crippen LogP) is 3.77. The molecule has 0 aromatic carbocycles. The lowest BCUT2D eigenvalue weighted by molar-refractivity contribution is -0.117. The van der Waals surface area contributed by atoms with E-state index in [1.54, 1.807) is 0 Å². The second kappa shape index (κ2) is 6.55. The van der Waals surface area contributed by atoms with Crippen LogP contribution >= 0.6 is 0 Å². The maximum atomic E-state index is 12.2. The van der Waals surface area contributed by atoms with Crippen LogP contribution in [0, 0.1) is 26.2 Å². The molecule has 3 aromatic rings. The summed E-state index contributed by atoms with van der Waals surface area (Å²) in [5.74, 6) is 1.23. The minimum Gasteiger partial charge on any atom is -0.359 e. The zero-order valence-corrected chi connectivity index (χ0v) is 16.2. The molecule has 0 radical (unpaired) electrons. The van der Waals surface area contributed by atoms with Crippen molar-refractivity contribution in [2.24, 2.45) is 5.41 Å². The van der Waals surface area contributed by atoms with Crippen LogP contribution in [0.25, 0.3) is 11.2 Å². The van der Waals surface area contributed by atoms with Gasteiger partial charge in [0, 0.05) is 18.2 Å². The molecule has 0 unspecified atom stereocenters. The quantitative estimate of drug-likeness (QED) is 0.770. The van der Waals surface area contributed by atoms with Crippen LogP contribution in [-0.2, 0) is 11.3 Å². The number of aryl methyl sites for hydroxylation is 3. The lowest BCUT2D eigenvalue weighted by Crippen LogP contribution is -2.21. The first-order valence-electron chi connectivity index (χ1n) is 8.69. The average Bonchev–Trinajstić information content (AvgIpc) is 3.03. The highest BCUT2D eigenvalue weighted by Crippen LogP contribution is 2.23. The smallest absolute Gasteiger partial charge is 0.226 e. The van der Waals surface area contributed by atoms with E-state index in [1.165, 1.54) is 0 Å². The Bertz CT molecular complexity index is 962. The topological polar surface area (TPSA) is 85.8 Å². The Labute approximate surface area is 152 Å². The minimum absolute atomic E-state index is 0.0532. The number of hydrogen-bond donors (Lipinski definition) is 1. The van der Waals surface area contributed by atoms with E-state index in [2.05, 4.69) is 20.4 Å². The van der Waals surface area contributed by atoms with E-state index >= 15 is 0 Å². The van der Waals surface area contributed by atoms with Crippen LogP contribution in [0.15, 0.2) is 16.7 Å². The number of carbonyl (C=O) groups is 1. The van der Waals surface area contributed by atoms with E-state index in [0.29, 0.717) is 24.5 Å². The third kappa shape index (κ3) is 3.92. The SMILES string of the molecule is Cc1cc(Cn2c(C)cc3nc(NC(=O)CC(C)(C)C)c(C)nc32)on1. The van der Waals surface area contributed by atoms with Crippen LogP contribution in [0.3, 0.4) is 0 Å². The molecule has 0 atom stereocenters. The normalized spacial score (nSPS) is 11.9. The Morgan fingerprint density at radius 1 is 1.19 bits per heavy atom. The maximum Gasteiger partial charge on any atom is 0.226 e. The standard InChI is InChI=1S/C19H25N5O2/c1-11-7-14(26-23-11)10-24-12(2)8-15-18(24)20-13(3)17(21-15)22-16(25)9-19(4,5)6/h7-8H,9-10H2,1-6H3,(H,21,22,25). The number of nitrogens with zero attached hydrogens (tertiary/aromatic N) is 4. The molecule has 0 saturated heterocycles. The number of aromatic nitrogens is 4. The first-order valence-corrected chi connectivity index (χ1v) is 8.69. The number of amides is 1. The first-order chi connectivity index (χ1) is 12.1. The molecule has 3 heterocycles. The van der Waals surface area contributed by atoms with Crippen LogP contribution < -0.4 is 5.32 Å². The summed E-state index contributed by atoms with van der Waals surface area (Å²) in [5.41, 5.74) is 3.99. The summed E-state index contributed by atoms with van der Waals surface area (Å²) in [6.07, 6.45) is 0.428. The van der Waals surface area contributed by atoms with Gasteiger partial charge in [0.15, 0.2) is 17.2 Å². The molecule has 3 rings (SSSR count). The monoisotopic (exact) mass is 355 g/mol. The molecule has 7 heteroatoms. The second-order valence-corrected chi connectivity index (χ2v) is 7.96. The fraction of sp³-hybridized carbons (Fsp3) is 0.474. The van der Waals surface area contributed by atoms with E-state index in [-0.39, 0.29) is 11.3 Å². The van der Waals surface area contributed by atoms with Crippen molar-refractivity contribution in [3.63, 3.8) is 0 Å². The third-order valence-electron chi connectivity index (χ3n) is 4.04. The summed E-state index contributed by atoms with van der Waals surface area (Å²) < 4.78 is 7.36. The molecular formula is C19H25N5O2. The molecule has 0 saturated carbocycles. The molecule has 7 nitrogen and oxygen atoms in total. The first kappa shape index (κ1) is 18.1. The molecule has 0 aliphatic rings. The number of anilines is 1.